The molecule has 28 heavy (non-hydrogen) atoms. The molecule has 3 aromatic carbocycles. The van der Waals surface area contributed by atoms with Crippen LogP contribution in [-0.2, 0) is 5.41 Å². The molecule has 0 radical (unpaired) electrons. The molecule has 0 heterocycles. The summed E-state index contributed by atoms with van der Waals surface area (Å²) in [5, 5.41) is 0. The number of hydrogen-bond acceptors (Lipinski definition) is 0. The Morgan fingerprint density at radius 2 is 0.964 bits per heavy atom. The minimum atomic E-state index is -0.268. The standard InChI is InChI=1S/C28H28/c1-27(2,3)25-20-13-21-26(25)28(22-14-7-4-8-15-22,23-16-9-5-10-17-23)24-18-11-6-12-19-24/h4-21,26H,1-3H3. The first-order valence-corrected chi connectivity index (χ1v) is 10.1. The van der Waals surface area contributed by atoms with Crippen molar-refractivity contribution in [1.82, 2.24) is 0 Å². The van der Waals surface area contributed by atoms with Crippen molar-refractivity contribution in [3.63, 3.8) is 0 Å². The Morgan fingerprint density at radius 1 is 0.571 bits per heavy atom. The molecule has 1 unspecified atom stereocenters. The van der Waals surface area contributed by atoms with Crippen LogP contribution in [0.2, 0.25) is 0 Å². The molecule has 0 aliphatic heterocycles. The molecule has 3 aromatic rings. The van der Waals surface area contributed by atoms with E-state index in [1.165, 1.54) is 22.3 Å². The topological polar surface area (TPSA) is 0 Å². The molecule has 4 rings (SSSR count). The van der Waals surface area contributed by atoms with E-state index in [9.17, 15) is 0 Å². The van der Waals surface area contributed by atoms with E-state index in [-0.39, 0.29) is 16.7 Å². The summed E-state index contributed by atoms with van der Waals surface area (Å²) in [5.74, 6) is 0.264. The van der Waals surface area contributed by atoms with E-state index in [0.717, 1.165) is 0 Å². The highest BCUT2D eigenvalue weighted by Crippen LogP contribution is 2.53. The molecule has 0 amide bonds. The zero-order valence-corrected chi connectivity index (χ0v) is 17.0. The SMILES string of the molecule is CC(C)(C)C1=CC=CC1C(c1ccccc1)(c1ccccc1)c1ccccc1. The lowest BCUT2D eigenvalue weighted by Crippen LogP contribution is -2.39. The summed E-state index contributed by atoms with van der Waals surface area (Å²) in [6, 6.07) is 33.0. The lowest BCUT2D eigenvalue weighted by molar-refractivity contribution is 0.396. The van der Waals surface area contributed by atoms with Gasteiger partial charge >= 0.3 is 0 Å². The van der Waals surface area contributed by atoms with E-state index in [4.69, 9.17) is 0 Å². The summed E-state index contributed by atoms with van der Waals surface area (Å²) in [4.78, 5) is 0. The Labute approximate surface area is 169 Å². The van der Waals surface area contributed by atoms with Crippen molar-refractivity contribution in [2.24, 2.45) is 11.3 Å². The summed E-state index contributed by atoms with van der Waals surface area (Å²) < 4.78 is 0. The maximum Gasteiger partial charge on any atom is 0.0551 e. The fraction of sp³-hybridized carbons (Fsp3) is 0.214. The van der Waals surface area contributed by atoms with Crippen LogP contribution in [0, 0.1) is 11.3 Å². The third-order valence-corrected chi connectivity index (χ3v) is 5.93. The van der Waals surface area contributed by atoms with Crippen LogP contribution in [0.5, 0.6) is 0 Å². The molecular weight excluding hydrogens is 336 g/mol. The molecule has 1 aliphatic rings. The fourth-order valence-electron chi connectivity index (χ4n) is 4.71. The Morgan fingerprint density at radius 3 is 1.32 bits per heavy atom. The van der Waals surface area contributed by atoms with Crippen LogP contribution >= 0.6 is 0 Å². The first-order chi connectivity index (χ1) is 13.5. The lowest BCUT2D eigenvalue weighted by Gasteiger charge is -2.44. The highest BCUT2D eigenvalue weighted by Gasteiger charge is 2.46. The maximum absolute atomic E-state index is 2.40. The second-order valence-corrected chi connectivity index (χ2v) is 8.64. The van der Waals surface area contributed by atoms with E-state index in [2.05, 4.69) is 130 Å². The summed E-state index contributed by atoms with van der Waals surface area (Å²) in [6.07, 6.45) is 6.97. The monoisotopic (exact) mass is 364 g/mol. The van der Waals surface area contributed by atoms with E-state index >= 15 is 0 Å². The molecular formula is C28H28. The molecule has 0 saturated carbocycles. The van der Waals surface area contributed by atoms with Gasteiger partial charge in [-0.15, -0.1) is 0 Å². The van der Waals surface area contributed by atoms with Crippen molar-refractivity contribution in [2.75, 3.05) is 0 Å². The third kappa shape index (κ3) is 3.03. The van der Waals surface area contributed by atoms with Crippen LogP contribution in [-0.4, -0.2) is 0 Å². The van der Waals surface area contributed by atoms with Crippen molar-refractivity contribution in [3.05, 3.63) is 131 Å². The highest BCUT2D eigenvalue weighted by atomic mass is 14.5. The van der Waals surface area contributed by atoms with Gasteiger partial charge in [-0.05, 0) is 22.1 Å². The van der Waals surface area contributed by atoms with Gasteiger partial charge < -0.3 is 0 Å². The molecule has 0 fully saturated rings. The lowest BCUT2D eigenvalue weighted by atomic mass is 9.58. The van der Waals surface area contributed by atoms with E-state index in [0.29, 0.717) is 0 Å². The largest absolute Gasteiger partial charge is 0.0757 e. The van der Waals surface area contributed by atoms with Gasteiger partial charge in [0, 0.05) is 5.92 Å². The van der Waals surface area contributed by atoms with Crippen LogP contribution in [0.3, 0.4) is 0 Å². The van der Waals surface area contributed by atoms with Crippen molar-refractivity contribution in [3.8, 4) is 0 Å². The summed E-state index contributed by atoms with van der Waals surface area (Å²) in [6.45, 7) is 6.97. The smallest absolute Gasteiger partial charge is 0.0551 e. The molecule has 1 atom stereocenters. The van der Waals surface area contributed by atoms with Crippen LogP contribution in [0.15, 0.2) is 115 Å². The Hall–Kier alpha value is -2.86. The molecule has 0 saturated heterocycles. The average Bonchev–Trinajstić information content (AvgIpc) is 3.22. The molecule has 140 valence electrons. The second-order valence-electron chi connectivity index (χ2n) is 8.64. The van der Waals surface area contributed by atoms with E-state index in [1.807, 2.05) is 0 Å². The molecule has 0 spiro atoms. The molecule has 0 aromatic heterocycles. The highest BCUT2D eigenvalue weighted by molar-refractivity contribution is 5.56. The predicted octanol–water partition coefficient (Wildman–Crippen LogP) is 7.18. The Kier molecular flexibility index (Phi) is 4.81. The molecule has 0 heteroatoms. The molecule has 0 bridgehead atoms. The number of allylic oxidation sites excluding steroid dienone is 4. The molecule has 0 nitrogen and oxygen atoms in total. The average molecular weight is 365 g/mol. The zero-order chi connectivity index (χ0) is 19.6. The number of benzene rings is 3. The number of hydrogen-bond donors (Lipinski definition) is 0. The maximum atomic E-state index is 2.40. The van der Waals surface area contributed by atoms with Gasteiger partial charge in [0.25, 0.3) is 0 Å². The summed E-state index contributed by atoms with van der Waals surface area (Å²) >= 11 is 0. The van der Waals surface area contributed by atoms with Crippen molar-refractivity contribution in [2.45, 2.75) is 26.2 Å². The normalized spacial score (nSPS) is 16.8. The van der Waals surface area contributed by atoms with Gasteiger partial charge in [0.05, 0.1) is 5.41 Å². The van der Waals surface area contributed by atoms with Gasteiger partial charge in [-0.3, -0.25) is 0 Å². The van der Waals surface area contributed by atoms with Gasteiger partial charge in [0.2, 0.25) is 0 Å². The van der Waals surface area contributed by atoms with Crippen LogP contribution in [0.1, 0.15) is 37.5 Å². The number of rotatable bonds is 4. The van der Waals surface area contributed by atoms with Gasteiger partial charge in [0.1, 0.15) is 0 Å². The Bertz CT molecular complexity index is 874. The van der Waals surface area contributed by atoms with E-state index in [1.54, 1.807) is 0 Å². The van der Waals surface area contributed by atoms with Gasteiger partial charge in [0.15, 0.2) is 0 Å². The zero-order valence-electron chi connectivity index (χ0n) is 17.0. The van der Waals surface area contributed by atoms with Crippen LogP contribution in [0.4, 0.5) is 0 Å². The first-order valence-electron chi connectivity index (χ1n) is 10.1. The second kappa shape index (κ2) is 7.28. The van der Waals surface area contributed by atoms with Gasteiger partial charge in [-0.2, -0.15) is 0 Å². The van der Waals surface area contributed by atoms with Gasteiger partial charge in [-0.1, -0.05) is 136 Å². The quantitative estimate of drug-likeness (QED) is 0.430. The molecule has 0 N–H and O–H groups in total. The Balaban J connectivity index is 2.08. The van der Waals surface area contributed by atoms with Crippen molar-refractivity contribution >= 4 is 0 Å². The van der Waals surface area contributed by atoms with Crippen molar-refractivity contribution in [1.29, 1.82) is 0 Å². The minimum Gasteiger partial charge on any atom is -0.0757 e. The van der Waals surface area contributed by atoms with Gasteiger partial charge in [-0.25, -0.2) is 0 Å². The van der Waals surface area contributed by atoms with Crippen LogP contribution < -0.4 is 0 Å². The predicted molar refractivity (Wildman–Crippen MR) is 119 cm³/mol. The molecule has 1 aliphatic carbocycles. The first kappa shape index (κ1) is 18.5. The van der Waals surface area contributed by atoms with E-state index < -0.39 is 0 Å². The third-order valence-electron chi connectivity index (χ3n) is 5.93. The van der Waals surface area contributed by atoms with Crippen molar-refractivity contribution < 1.29 is 0 Å². The minimum absolute atomic E-state index is 0.0950. The summed E-state index contributed by atoms with van der Waals surface area (Å²) in [7, 11) is 0. The van der Waals surface area contributed by atoms with Crippen LogP contribution in [0.25, 0.3) is 0 Å². The fourth-order valence-corrected chi connectivity index (χ4v) is 4.71. The summed E-state index contributed by atoms with van der Waals surface area (Å²) in [5.41, 5.74) is 5.30.